The molecule has 1 N–H and O–H groups in total. The third kappa shape index (κ3) is 2.09. The lowest BCUT2D eigenvalue weighted by Crippen LogP contribution is -2.25. The maximum atomic E-state index is 4.25. The number of alkyl halides is 1. The van der Waals surface area contributed by atoms with Crippen LogP contribution < -0.4 is 4.90 Å². The van der Waals surface area contributed by atoms with Crippen LogP contribution in [0.3, 0.4) is 0 Å². The molecule has 0 aromatic carbocycles. The number of aromatic nitrogens is 4. The van der Waals surface area contributed by atoms with E-state index in [1.165, 1.54) is 6.33 Å². The fourth-order valence-corrected chi connectivity index (χ4v) is 1.94. The number of halogens is 1. The van der Waals surface area contributed by atoms with E-state index in [0.29, 0.717) is 10.5 Å². The smallest absolute Gasteiger partial charge is 0.182 e. The van der Waals surface area contributed by atoms with Crippen molar-refractivity contribution in [2.45, 2.75) is 11.8 Å². The fourth-order valence-electron chi connectivity index (χ4n) is 1.51. The average Bonchev–Trinajstić information content (AvgIpc) is 2.63. The second-order valence-electron chi connectivity index (χ2n) is 3.46. The van der Waals surface area contributed by atoms with Crippen molar-refractivity contribution in [1.29, 1.82) is 0 Å². The van der Waals surface area contributed by atoms with Gasteiger partial charge in [0.25, 0.3) is 0 Å². The predicted octanol–water partition coefficient (Wildman–Crippen LogP) is 1.57. The molecule has 2 rings (SSSR count). The zero-order valence-corrected chi connectivity index (χ0v) is 10.2. The van der Waals surface area contributed by atoms with Gasteiger partial charge in [0, 0.05) is 18.4 Å². The standard InChI is InChI=1S/C9H12BrN5/c1-6(10)3-15(2)9-7-8(12-4-11-7)13-5-14-9/h4-6H,3H2,1-2H3,(H,11,12,13,14). The Morgan fingerprint density at radius 2 is 2.27 bits per heavy atom. The molecule has 6 heteroatoms. The Labute approximate surface area is 96.1 Å². The Morgan fingerprint density at radius 1 is 1.47 bits per heavy atom. The van der Waals surface area contributed by atoms with Crippen molar-refractivity contribution >= 4 is 32.9 Å². The predicted molar refractivity (Wildman–Crippen MR) is 63.3 cm³/mol. The molecule has 0 spiro atoms. The number of nitrogens with one attached hydrogen (secondary N) is 1. The van der Waals surface area contributed by atoms with Crippen LogP contribution in [0, 0.1) is 0 Å². The Morgan fingerprint density at radius 3 is 3.00 bits per heavy atom. The minimum Gasteiger partial charge on any atom is -0.357 e. The van der Waals surface area contributed by atoms with Crippen LogP contribution in [0.4, 0.5) is 5.82 Å². The molecule has 0 aliphatic heterocycles. The van der Waals surface area contributed by atoms with Gasteiger partial charge in [0.15, 0.2) is 11.5 Å². The lowest BCUT2D eigenvalue weighted by Gasteiger charge is -2.19. The normalized spacial score (nSPS) is 13.0. The minimum atomic E-state index is 0.412. The van der Waals surface area contributed by atoms with Crippen molar-refractivity contribution in [3.8, 4) is 0 Å². The lowest BCUT2D eigenvalue weighted by molar-refractivity contribution is 0.861. The highest BCUT2D eigenvalue weighted by molar-refractivity contribution is 9.09. The molecule has 0 aliphatic rings. The van der Waals surface area contributed by atoms with E-state index in [0.717, 1.165) is 17.9 Å². The maximum absolute atomic E-state index is 4.25. The van der Waals surface area contributed by atoms with Crippen LogP contribution in [-0.4, -0.2) is 38.4 Å². The molecule has 2 aromatic heterocycles. The van der Waals surface area contributed by atoms with E-state index in [1.54, 1.807) is 6.33 Å². The summed E-state index contributed by atoms with van der Waals surface area (Å²) in [5.41, 5.74) is 1.59. The van der Waals surface area contributed by atoms with E-state index < -0.39 is 0 Å². The van der Waals surface area contributed by atoms with E-state index in [1.807, 2.05) is 7.05 Å². The highest BCUT2D eigenvalue weighted by Gasteiger charge is 2.11. The first-order valence-corrected chi connectivity index (χ1v) is 5.59. The van der Waals surface area contributed by atoms with Gasteiger partial charge in [0.1, 0.15) is 11.8 Å². The molecule has 1 atom stereocenters. The monoisotopic (exact) mass is 269 g/mol. The van der Waals surface area contributed by atoms with Gasteiger partial charge >= 0.3 is 0 Å². The molecular weight excluding hydrogens is 258 g/mol. The third-order valence-corrected chi connectivity index (χ3v) is 2.38. The van der Waals surface area contributed by atoms with Gasteiger partial charge in [-0.2, -0.15) is 0 Å². The molecule has 2 heterocycles. The second-order valence-corrected chi connectivity index (χ2v) is 5.02. The van der Waals surface area contributed by atoms with Gasteiger partial charge in [0.05, 0.1) is 6.33 Å². The molecular formula is C9H12BrN5. The van der Waals surface area contributed by atoms with E-state index in [4.69, 9.17) is 0 Å². The molecule has 0 saturated carbocycles. The Kier molecular flexibility index (Phi) is 2.86. The number of hydrogen-bond donors (Lipinski definition) is 1. The van der Waals surface area contributed by atoms with Gasteiger partial charge in [0.2, 0.25) is 0 Å². The Balaban J connectivity index is 2.38. The van der Waals surface area contributed by atoms with Gasteiger partial charge in [-0.1, -0.05) is 22.9 Å². The first-order chi connectivity index (χ1) is 7.18. The Bertz CT molecular complexity index is 452. The summed E-state index contributed by atoms with van der Waals surface area (Å²) < 4.78 is 0. The van der Waals surface area contributed by atoms with E-state index in [9.17, 15) is 0 Å². The van der Waals surface area contributed by atoms with Crippen LogP contribution in [0.2, 0.25) is 0 Å². The van der Waals surface area contributed by atoms with Crippen LogP contribution in [0.5, 0.6) is 0 Å². The molecule has 5 nitrogen and oxygen atoms in total. The van der Waals surface area contributed by atoms with Gasteiger partial charge in [-0.15, -0.1) is 0 Å². The van der Waals surface area contributed by atoms with E-state index in [-0.39, 0.29) is 0 Å². The van der Waals surface area contributed by atoms with Gasteiger partial charge in [-0.3, -0.25) is 0 Å². The molecule has 80 valence electrons. The summed E-state index contributed by atoms with van der Waals surface area (Å²) in [6.07, 6.45) is 3.17. The van der Waals surface area contributed by atoms with Crippen LogP contribution in [0.1, 0.15) is 6.92 Å². The van der Waals surface area contributed by atoms with Gasteiger partial charge in [-0.25, -0.2) is 15.0 Å². The maximum Gasteiger partial charge on any atom is 0.182 e. The van der Waals surface area contributed by atoms with Crippen LogP contribution in [-0.2, 0) is 0 Å². The van der Waals surface area contributed by atoms with Gasteiger partial charge in [-0.05, 0) is 0 Å². The summed E-state index contributed by atoms with van der Waals surface area (Å²) in [5, 5.41) is 0. The molecule has 0 aliphatic carbocycles. The average molecular weight is 270 g/mol. The quantitative estimate of drug-likeness (QED) is 0.860. The van der Waals surface area contributed by atoms with Crippen molar-refractivity contribution < 1.29 is 0 Å². The van der Waals surface area contributed by atoms with Crippen LogP contribution in [0.25, 0.3) is 11.2 Å². The zero-order valence-electron chi connectivity index (χ0n) is 8.61. The van der Waals surface area contributed by atoms with Gasteiger partial charge < -0.3 is 9.88 Å². The number of aromatic amines is 1. The Hall–Kier alpha value is -1.17. The van der Waals surface area contributed by atoms with Crippen molar-refractivity contribution in [1.82, 2.24) is 19.9 Å². The number of fused-ring (bicyclic) bond motifs is 1. The molecule has 0 amide bonds. The summed E-state index contributed by atoms with van der Waals surface area (Å²) in [4.78, 5) is 18.0. The SMILES string of the molecule is CC(Br)CN(C)c1ncnc2nc[nH]c12. The number of H-pyrrole nitrogens is 1. The first-order valence-electron chi connectivity index (χ1n) is 4.67. The number of rotatable bonds is 3. The van der Waals surface area contributed by atoms with Crippen molar-refractivity contribution in [2.75, 3.05) is 18.5 Å². The third-order valence-electron chi connectivity index (χ3n) is 2.09. The molecule has 0 saturated heterocycles. The number of imidazole rings is 1. The number of nitrogens with zero attached hydrogens (tertiary/aromatic N) is 4. The van der Waals surface area contributed by atoms with Crippen LogP contribution in [0.15, 0.2) is 12.7 Å². The molecule has 1 unspecified atom stereocenters. The fraction of sp³-hybridized carbons (Fsp3) is 0.444. The molecule has 15 heavy (non-hydrogen) atoms. The van der Waals surface area contributed by atoms with E-state index >= 15 is 0 Å². The largest absolute Gasteiger partial charge is 0.357 e. The lowest BCUT2D eigenvalue weighted by atomic mass is 10.4. The number of anilines is 1. The van der Waals surface area contributed by atoms with Crippen LogP contribution >= 0.6 is 15.9 Å². The molecule has 0 fully saturated rings. The summed E-state index contributed by atoms with van der Waals surface area (Å²) in [5.74, 6) is 0.879. The zero-order chi connectivity index (χ0) is 10.8. The second kappa shape index (κ2) is 4.14. The highest BCUT2D eigenvalue weighted by Crippen LogP contribution is 2.18. The van der Waals surface area contributed by atoms with Crippen molar-refractivity contribution in [2.24, 2.45) is 0 Å². The summed E-state index contributed by atoms with van der Waals surface area (Å²) in [6.45, 7) is 2.98. The summed E-state index contributed by atoms with van der Waals surface area (Å²) in [6, 6.07) is 0. The van der Waals surface area contributed by atoms with Crippen molar-refractivity contribution in [3.63, 3.8) is 0 Å². The molecule has 2 aromatic rings. The topological polar surface area (TPSA) is 57.7 Å². The highest BCUT2D eigenvalue weighted by atomic mass is 79.9. The minimum absolute atomic E-state index is 0.412. The van der Waals surface area contributed by atoms with Crippen molar-refractivity contribution in [3.05, 3.63) is 12.7 Å². The molecule has 0 radical (unpaired) electrons. The summed E-state index contributed by atoms with van der Waals surface area (Å²) >= 11 is 3.52. The summed E-state index contributed by atoms with van der Waals surface area (Å²) in [7, 11) is 2.00. The van der Waals surface area contributed by atoms with E-state index in [2.05, 4.69) is 47.7 Å². The first kappa shape index (κ1) is 10.4. The molecule has 0 bridgehead atoms. The number of hydrogen-bond acceptors (Lipinski definition) is 4.